The van der Waals surface area contributed by atoms with Gasteiger partial charge in [-0.15, -0.1) is 0 Å². The molecule has 1 fully saturated rings. The van der Waals surface area contributed by atoms with Gasteiger partial charge in [-0.2, -0.15) is 0 Å². The van der Waals surface area contributed by atoms with Gasteiger partial charge in [0.05, 0.1) is 11.0 Å². The molecule has 2 heterocycles. The molecule has 3 rings (SSSR count). The number of rotatable bonds is 9. The Morgan fingerprint density at radius 3 is 2.69 bits per heavy atom. The Kier molecular flexibility index (Phi) is 8.25. The highest BCUT2D eigenvalue weighted by Gasteiger charge is 2.12. The molecule has 0 aromatic carbocycles. The topological polar surface area (TPSA) is 126 Å². The van der Waals surface area contributed by atoms with Crippen LogP contribution in [0, 0.1) is 17.2 Å². The van der Waals surface area contributed by atoms with E-state index in [1.54, 1.807) is 12.4 Å². The van der Waals surface area contributed by atoms with Gasteiger partial charge in [-0.1, -0.05) is 33.1 Å². The fraction of sp³-hybridized carbons (Fsp3) is 0.400. The molecule has 0 amide bonds. The summed E-state index contributed by atoms with van der Waals surface area (Å²) >= 11 is 0. The normalized spacial score (nSPS) is 16.4. The maximum atomic E-state index is 7.85. The molecule has 32 heavy (non-hydrogen) atoms. The van der Waals surface area contributed by atoms with Gasteiger partial charge in [-0.3, -0.25) is 4.98 Å². The molecule has 0 bridgehead atoms. The average molecular weight is 434 g/mol. The summed E-state index contributed by atoms with van der Waals surface area (Å²) in [6.07, 6.45) is 15.0. The summed E-state index contributed by atoms with van der Waals surface area (Å²) in [5.74, 6) is 2.09. The number of fused-ring (bicyclic) bond motifs is 1. The Balaban J connectivity index is 1.75. The van der Waals surface area contributed by atoms with Gasteiger partial charge < -0.3 is 27.5 Å². The number of nitrogens with two attached hydrogens (primary N) is 2. The summed E-state index contributed by atoms with van der Waals surface area (Å²) in [5.41, 5.74) is 15.9. The molecule has 7 N–H and O–H groups in total. The van der Waals surface area contributed by atoms with Crippen molar-refractivity contribution in [1.82, 2.24) is 15.3 Å². The average Bonchev–Trinajstić information content (AvgIpc) is 2.80. The van der Waals surface area contributed by atoms with E-state index in [-0.39, 0.29) is 5.92 Å². The van der Waals surface area contributed by atoms with E-state index >= 15 is 0 Å². The van der Waals surface area contributed by atoms with Crippen LogP contribution in [0.25, 0.3) is 16.6 Å². The van der Waals surface area contributed by atoms with Crippen LogP contribution < -0.4 is 22.1 Å². The Hall–Kier alpha value is -3.35. The highest BCUT2D eigenvalue weighted by atomic mass is 15.1. The summed E-state index contributed by atoms with van der Waals surface area (Å²) in [6, 6.07) is 5.70. The van der Waals surface area contributed by atoms with E-state index in [0.717, 1.165) is 40.2 Å². The maximum absolute atomic E-state index is 7.85. The smallest absolute Gasteiger partial charge is 0.132 e. The second-order valence-corrected chi connectivity index (χ2v) is 8.66. The minimum absolute atomic E-state index is 0.273. The lowest BCUT2D eigenvalue weighted by Crippen LogP contribution is -2.20. The van der Waals surface area contributed by atoms with Gasteiger partial charge in [0.2, 0.25) is 0 Å². The zero-order valence-corrected chi connectivity index (χ0v) is 19.1. The number of aromatic nitrogens is 2. The highest BCUT2D eigenvalue weighted by molar-refractivity contribution is 6.08. The minimum Gasteiger partial charge on any atom is -0.404 e. The molecular weight excluding hydrogens is 398 g/mol. The first-order valence-electron chi connectivity index (χ1n) is 11.4. The molecule has 0 atom stereocenters. The van der Waals surface area contributed by atoms with E-state index in [9.17, 15) is 0 Å². The van der Waals surface area contributed by atoms with Crippen molar-refractivity contribution >= 4 is 28.6 Å². The van der Waals surface area contributed by atoms with Crippen LogP contribution in [0.15, 0.2) is 54.3 Å². The number of nitrogens with one attached hydrogen (secondary N) is 3. The van der Waals surface area contributed by atoms with Crippen LogP contribution >= 0.6 is 0 Å². The third-order valence-electron chi connectivity index (χ3n) is 5.87. The zero-order chi connectivity index (χ0) is 22.9. The van der Waals surface area contributed by atoms with Crippen LogP contribution in [-0.4, -0.2) is 22.7 Å². The number of anilines is 1. The maximum Gasteiger partial charge on any atom is 0.132 e. The van der Waals surface area contributed by atoms with Gasteiger partial charge in [0.1, 0.15) is 11.6 Å². The minimum atomic E-state index is 0.273. The highest BCUT2D eigenvalue weighted by Crippen LogP contribution is 2.23. The number of nitrogens with zero attached hydrogens (tertiary/aromatic N) is 2. The number of allylic oxidation sites excluding steroid dienone is 3. The Bertz CT molecular complexity index is 1010. The van der Waals surface area contributed by atoms with E-state index in [4.69, 9.17) is 16.9 Å². The summed E-state index contributed by atoms with van der Waals surface area (Å²) in [6.45, 7) is 5.07. The van der Waals surface area contributed by atoms with Gasteiger partial charge in [0.25, 0.3) is 0 Å². The Morgan fingerprint density at radius 1 is 1.22 bits per heavy atom. The molecule has 1 aliphatic rings. The van der Waals surface area contributed by atoms with E-state index in [0.29, 0.717) is 11.6 Å². The quantitative estimate of drug-likeness (QED) is 0.293. The molecule has 0 spiro atoms. The monoisotopic (exact) mass is 433 g/mol. The van der Waals surface area contributed by atoms with Crippen LogP contribution in [0.5, 0.6) is 0 Å². The van der Waals surface area contributed by atoms with E-state index in [2.05, 4.69) is 34.4 Å². The van der Waals surface area contributed by atoms with Gasteiger partial charge in [-0.25, -0.2) is 4.98 Å². The molecule has 0 aliphatic heterocycles. The Labute approximate surface area is 190 Å². The molecule has 170 valence electrons. The lowest BCUT2D eigenvalue weighted by Gasteiger charge is -2.21. The number of pyridine rings is 2. The van der Waals surface area contributed by atoms with Gasteiger partial charge in [0.15, 0.2) is 0 Å². The SMILES string of the molecule is CC(C)C(=C/N)/C=C(\N)Nc1ccc2ncc(/C(C=N)=C/NCC3CCCCC3)cc2n1. The molecule has 7 heteroatoms. The molecular formula is C25H35N7. The summed E-state index contributed by atoms with van der Waals surface area (Å²) in [7, 11) is 0. The van der Waals surface area contributed by atoms with Crippen molar-refractivity contribution in [3.8, 4) is 0 Å². The molecule has 0 unspecified atom stereocenters. The summed E-state index contributed by atoms with van der Waals surface area (Å²) < 4.78 is 0. The molecule has 7 nitrogen and oxygen atoms in total. The number of hydrogen-bond acceptors (Lipinski definition) is 7. The first-order chi connectivity index (χ1) is 15.5. The van der Waals surface area contributed by atoms with Gasteiger partial charge >= 0.3 is 0 Å². The fourth-order valence-electron chi connectivity index (χ4n) is 3.94. The number of hydrogen-bond donors (Lipinski definition) is 5. The van der Waals surface area contributed by atoms with Gasteiger partial charge in [-0.05, 0) is 60.7 Å². The summed E-state index contributed by atoms with van der Waals surface area (Å²) in [5, 5.41) is 14.4. The standard InChI is InChI=1S/C25H35N7/c1-17(2)19(12-26)11-24(28)32-25-9-8-22-23(31-25)10-20(16-30-22)21(13-27)15-29-14-18-6-4-3-5-7-18/h8-13,15-18,27,29H,3-7,14,26,28H2,1-2H3,(H,31,32)/b19-12+,21-15+,24-11+,27-13?. The second kappa shape index (κ2) is 11.3. The molecule has 2 aromatic rings. The van der Waals surface area contributed by atoms with Crippen molar-refractivity contribution in [1.29, 1.82) is 5.41 Å². The van der Waals surface area contributed by atoms with Crippen molar-refractivity contribution < 1.29 is 0 Å². The lowest BCUT2D eigenvalue weighted by atomic mass is 9.89. The summed E-state index contributed by atoms with van der Waals surface area (Å²) in [4.78, 5) is 9.18. The Morgan fingerprint density at radius 2 is 2.00 bits per heavy atom. The largest absolute Gasteiger partial charge is 0.404 e. The van der Waals surface area contributed by atoms with Crippen molar-refractivity contribution in [3.63, 3.8) is 0 Å². The predicted octanol–water partition coefficient (Wildman–Crippen LogP) is 4.50. The lowest BCUT2D eigenvalue weighted by molar-refractivity contribution is 0.354. The van der Waals surface area contributed by atoms with Crippen LogP contribution in [0.2, 0.25) is 0 Å². The molecule has 1 saturated carbocycles. The molecule has 2 aromatic heterocycles. The van der Waals surface area contributed by atoms with Crippen molar-refractivity contribution in [2.24, 2.45) is 23.3 Å². The van der Waals surface area contributed by atoms with Crippen molar-refractivity contribution in [3.05, 3.63) is 59.8 Å². The predicted molar refractivity (Wildman–Crippen MR) is 134 cm³/mol. The fourth-order valence-corrected chi connectivity index (χ4v) is 3.94. The second-order valence-electron chi connectivity index (χ2n) is 8.66. The first kappa shape index (κ1) is 23.3. The van der Waals surface area contributed by atoms with E-state index in [1.165, 1.54) is 38.3 Å². The van der Waals surface area contributed by atoms with Crippen molar-refractivity contribution in [2.45, 2.75) is 46.0 Å². The molecule has 0 saturated heterocycles. The van der Waals surface area contributed by atoms with Crippen LogP contribution in [0.1, 0.15) is 51.5 Å². The zero-order valence-electron chi connectivity index (χ0n) is 19.1. The molecule has 1 aliphatic carbocycles. The van der Waals surface area contributed by atoms with Crippen LogP contribution in [0.4, 0.5) is 5.82 Å². The van der Waals surface area contributed by atoms with Gasteiger partial charge in [0, 0.05) is 36.3 Å². The first-order valence-corrected chi connectivity index (χ1v) is 11.4. The molecule has 0 radical (unpaired) electrons. The van der Waals surface area contributed by atoms with E-state index in [1.807, 2.05) is 30.5 Å². The third-order valence-corrected chi connectivity index (χ3v) is 5.87. The van der Waals surface area contributed by atoms with Crippen LogP contribution in [0.3, 0.4) is 0 Å². The van der Waals surface area contributed by atoms with Crippen molar-refractivity contribution in [2.75, 3.05) is 11.9 Å². The van der Waals surface area contributed by atoms with E-state index < -0.39 is 0 Å². The third kappa shape index (κ3) is 6.33. The van der Waals surface area contributed by atoms with Crippen LogP contribution in [-0.2, 0) is 0 Å².